The quantitative estimate of drug-likeness (QED) is 0.0754. The Morgan fingerprint density at radius 2 is 1.11 bits per heavy atom. The molecule has 6 aromatic rings. The standard InChI is InChI=1S/C40H46F4N6O4.C19H25FN4O4/c1-22-7-12-34(50(22)27-18-30(43)37(31(44)19-27)48-16-13-25(14-17-48)24-8-10-26(41)11-9-24)28-20-32-33(21-29(28)42)46-38(45-32)35-6-5-15-49(35)39(51)36(23(2)53-3)47-40(52)54-4;1-10-8-13-14(9-12(10)20)22-17(21-13)15-6-5-7-24(15)18(25)16(11(2)27-3)23-19(26)28-4/h8-11,18-23,25,34-36H,5-7,12-17H2,1-4H3,(H,45,46)(H,47,52);8-9,11,15-16H,5-7H2,1-4H3,(H,21,22)(H,23,26)/t22-,23+,34+,35-,36-;11-,15+,16+/m01/s1. The van der Waals surface area contributed by atoms with Crippen molar-refractivity contribution in [3.8, 4) is 0 Å². The predicted molar refractivity (Wildman–Crippen MR) is 297 cm³/mol. The van der Waals surface area contributed by atoms with Crippen molar-refractivity contribution in [1.29, 1.82) is 0 Å². The first kappa shape index (κ1) is 59.1. The molecule has 0 unspecified atom stereocenters. The fourth-order valence-corrected chi connectivity index (χ4v) is 12.1. The van der Waals surface area contributed by atoms with E-state index in [1.807, 2.05) is 11.8 Å². The van der Waals surface area contributed by atoms with Gasteiger partial charge in [0, 0.05) is 69.8 Å². The average molecular weight is 1140 g/mol. The molecule has 0 aliphatic carbocycles. The minimum absolute atomic E-state index is 0.0687. The van der Waals surface area contributed by atoms with Crippen LogP contribution >= 0.6 is 0 Å². The number of rotatable bonds is 14. The third kappa shape index (κ3) is 12.3. The van der Waals surface area contributed by atoms with E-state index in [0.717, 1.165) is 23.9 Å². The summed E-state index contributed by atoms with van der Waals surface area (Å²) in [6.07, 6.45) is 2.84. The first-order valence-corrected chi connectivity index (χ1v) is 27.8. The normalized spacial score (nSPS) is 20.8. The van der Waals surface area contributed by atoms with Gasteiger partial charge in [0.2, 0.25) is 11.8 Å². The van der Waals surface area contributed by atoms with Crippen molar-refractivity contribution in [3.05, 3.63) is 118 Å². The Kier molecular flexibility index (Phi) is 18.2. The smallest absolute Gasteiger partial charge is 0.407 e. The van der Waals surface area contributed by atoms with Gasteiger partial charge in [0.1, 0.15) is 46.9 Å². The molecular weight excluding hydrogens is 1070 g/mol. The fraction of sp³-hybridized carbons (Fsp3) is 0.492. The van der Waals surface area contributed by atoms with Gasteiger partial charge in [-0.3, -0.25) is 9.59 Å². The van der Waals surface area contributed by atoms with Gasteiger partial charge >= 0.3 is 12.2 Å². The molecule has 4 aliphatic heterocycles. The van der Waals surface area contributed by atoms with Crippen LogP contribution in [0.4, 0.5) is 42.9 Å². The Morgan fingerprint density at radius 3 is 1.61 bits per heavy atom. The third-order valence-electron chi connectivity index (χ3n) is 16.7. The van der Waals surface area contributed by atoms with Gasteiger partial charge in [-0.2, -0.15) is 0 Å². The maximum atomic E-state index is 16.0. The summed E-state index contributed by atoms with van der Waals surface area (Å²) in [4.78, 5) is 73.3. The molecule has 0 radical (unpaired) electrons. The van der Waals surface area contributed by atoms with Crippen molar-refractivity contribution in [2.24, 2.45) is 0 Å². The molecule has 18 nitrogen and oxygen atoms in total. The van der Waals surface area contributed by atoms with Crippen LogP contribution in [0.3, 0.4) is 0 Å². The summed E-state index contributed by atoms with van der Waals surface area (Å²) < 4.78 is 95.1. The second kappa shape index (κ2) is 25.3. The number of likely N-dealkylation sites (tertiary alicyclic amines) is 2. The lowest BCUT2D eigenvalue weighted by Crippen LogP contribution is -2.54. The van der Waals surface area contributed by atoms with Gasteiger partial charge in [0.25, 0.3) is 0 Å². The molecule has 8 atom stereocenters. The molecule has 0 bridgehead atoms. The predicted octanol–water partition coefficient (Wildman–Crippen LogP) is 10.1. The molecule has 4 fully saturated rings. The number of carbonyl (C=O) groups is 4. The highest BCUT2D eigenvalue weighted by molar-refractivity contribution is 5.88. The van der Waals surface area contributed by atoms with Gasteiger partial charge in [-0.05, 0) is 133 Å². The highest BCUT2D eigenvalue weighted by atomic mass is 19.1. The largest absolute Gasteiger partial charge is 0.453 e. The van der Waals surface area contributed by atoms with Crippen LogP contribution in [0.1, 0.15) is 125 Å². The van der Waals surface area contributed by atoms with Crippen LogP contribution < -0.4 is 20.4 Å². The highest BCUT2D eigenvalue weighted by Gasteiger charge is 2.42. The van der Waals surface area contributed by atoms with E-state index in [4.69, 9.17) is 14.2 Å². The van der Waals surface area contributed by atoms with Crippen LogP contribution in [0.5, 0.6) is 0 Å². The Labute approximate surface area is 472 Å². The van der Waals surface area contributed by atoms with Crippen LogP contribution in [0.25, 0.3) is 22.1 Å². The number of aromatic amines is 2. The van der Waals surface area contributed by atoms with Gasteiger partial charge in [-0.25, -0.2) is 41.5 Å². The SMILES string of the molecule is COC(=O)N[C@H](C(=O)N1CCC[C@H]1c1nc2cc(F)c(C)cc2[nH]1)[C@@H](C)OC.COC(=O)N[C@H](C(=O)N1CCC[C@H]1c1nc2cc(F)c([C@H]3CC[C@H](C)N3c3cc(F)c(N4CCC(c5ccc(F)cc5)CC4)c(F)c3)cc2[nH]1)[C@@H](C)OC. The minimum Gasteiger partial charge on any atom is -0.453 e. The number of piperidine rings is 1. The Bertz CT molecular complexity index is 3220. The maximum absolute atomic E-state index is 16.0. The van der Waals surface area contributed by atoms with E-state index < -0.39 is 66.0 Å². The molecule has 0 saturated carbocycles. The summed E-state index contributed by atoms with van der Waals surface area (Å²) in [5, 5.41) is 5.12. The van der Waals surface area contributed by atoms with Crippen molar-refractivity contribution in [3.63, 3.8) is 0 Å². The summed E-state index contributed by atoms with van der Waals surface area (Å²) in [6, 6.07) is 12.1. The van der Waals surface area contributed by atoms with E-state index in [1.165, 1.54) is 64.8 Å². The highest BCUT2D eigenvalue weighted by Crippen LogP contribution is 2.44. The van der Waals surface area contributed by atoms with Gasteiger partial charge in [0.15, 0.2) is 11.6 Å². The topological polar surface area (TPSA) is 200 Å². The molecule has 2 aromatic heterocycles. The number of nitrogens with one attached hydrogen (secondary N) is 4. The van der Waals surface area contributed by atoms with Crippen molar-refractivity contribution < 1.29 is 60.1 Å². The molecule has 4 saturated heterocycles. The number of hydrogen-bond acceptors (Lipinski definition) is 12. The number of benzene rings is 4. The average Bonchev–Trinajstić information content (AvgIpc) is 3.88. The van der Waals surface area contributed by atoms with E-state index >= 15 is 13.2 Å². The molecule has 6 heterocycles. The first-order chi connectivity index (χ1) is 39.3. The molecule has 0 spiro atoms. The van der Waals surface area contributed by atoms with Gasteiger partial charge in [-0.15, -0.1) is 0 Å². The van der Waals surface area contributed by atoms with Crippen molar-refractivity contribution in [2.75, 3.05) is 64.4 Å². The Balaban J connectivity index is 0.000000243. The lowest BCUT2D eigenvalue weighted by molar-refractivity contribution is -0.138. The van der Waals surface area contributed by atoms with E-state index in [9.17, 15) is 28.0 Å². The first-order valence-electron chi connectivity index (χ1n) is 27.8. The number of H-pyrrole nitrogens is 2. The molecular formula is C59H71F5N10O8. The van der Waals surface area contributed by atoms with Crippen LogP contribution in [0, 0.1) is 36.0 Å². The summed E-state index contributed by atoms with van der Waals surface area (Å²) in [5.74, 6) is -1.78. The second-order valence-electron chi connectivity index (χ2n) is 21.7. The van der Waals surface area contributed by atoms with Gasteiger partial charge in [-0.1, -0.05) is 12.1 Å². The van der Waals surface area contributed by atoms with Crippen molar-refractivity contribution in [1.82, 2.24) is 40.4 Å². The number of anilines is 2. The number of nitrogens with zero attached hydrogens (tertiary/aromatic N) is 6. The molecule has 23 heteroatoms. The number of hydrogen-bond donors (Lipinski definition) is 4. The van der Waals surface area contributed by atoms with Crippen LogP contribution in [-0.2, 0) is 28.5 Å². The lowest BCUT2D eigenvalue weighted by atomic mass is 9.89. The number of methoxy groups -OCH3 is 4. The number of imidazole rings is 2. The zero-order valence-corrected chi connectivity index (χ0v) is 47.3. The number of alkyl carbamates (subject to hydrolysis) is 2. The van der Waals surface area contributed by atoms with Crippen LogP contribution in [0.2, 0.25) is 0 Å². The molecule has 4 aliphatic rings. The zero-order valence-electron chi connectivity index (χ0n) is 47.3. The van der Waals surface area contributed by atoms with E-state index in [-0.39, 0.29) is 47.1 Å². The van der Waals surface area contributed by atoms with Crippen LogP contribution in [-0.4, -0.2) is 139 Å². The summed E-state index contributed by atoms with van der Waals surface area (Å²) in [6.45, 7) is 8.92. The zero-order chi connectivity index (χ0) is 58.7. The van der Waals surface area contributed by atoms with Crippen molar-refractivity contribution >= 4 is 57.4 Å². The second-order valence-corrected chi connectivity index (χ2v) is 21.7. The summed E-state index contributed by atoms with van der Waals surface area (Å²) in [5.41, 5.74) is 4.41. The maximum Gasteiger partial charge on any atom is 0.407 e. The van der Waals surface area contributed by atoms with E-state index in [0.29, 0.717) is 110 Å². The Hall–Kier alpha value is -7.53. The van der Waals surface area contributed by atoms with Crippen molar-refractivity contribution in [2.45, 2.75) is 133 Å². The fourth-order valence-electron chi connectivity index (χ4n) is 12.1. The monoisotopic (exact) mass is 1140 g/mol. The number of aromatic nitrogens is 4. The van der Waals surface area contributed by atoms with E-state index in [2.05, 4.69) is 35.3 Å². The molecule has 440 valence electrons. The summed E-state index contributed by atoms with van der Waals surface area (Å²) in [7, 11) is 5.38. The number of amides is 4. The number of fused-ring (bicyclic) bond motifs is 2. The third-order valence-corrected chi connectivity index (χ3v) is 16.7. The molecule has 4 aromatic carbocycles. The van der Waals surface area contributed by atoms with Gasteiger partial charge < -0.3 is 59.1 Å². The Morgan fingerprint density at radius 1 is 0.610 bits per heavy atom. The van der Waals surface area contributed by atoms with Crippen LogP contribution in [0.15, 0.2) is 60.7 Å². The molecule has 10 rings (SSSR count). The number of halogens is 5. The number of aryl methyl sites for hydroxylation is 1. The lowest BCUT2D eigenvalue weighted by Gasteiger charge is -2.35. The number of ether oxygens (including phenoxy) is 4. The summed E-state index contributed by atoms with van der Waals surface area (Å²) >= 11 is 0. The number of carbonyl (C=O) groups excluding carboxylic acids is 4. The molecule has 82 heavy (non-hydrogen) atoms. The molecule has 4 amide bonds. The van der Waals surface area contributed by atoms with Gasteiger partial charge in [0.05, 0.1) is 66.6 Å². The van der Waals surface area contributed by atoms with E-state index in [1.54, 1.807) is 59.7 Å². The minimum atomic E-state index is -0.990. The molecule has 4 N–H and O–H groups in total.